The summed E-state index contributed by atoms with van der Waals surface area (Å²) < 4.78 is 5.39. The summed E-state index contributed by atoms with van der Waals surface area (Å²) in [7, 11) is 1.70. The number of methoxy groups -OCH3 is 1. The SMILES string of the molecule is CCCNc1cccc(C(=O)NC2CCCC2OC)n1. The summed E-state index contributed by atoms with van der Waals surface area (Å²) >= 11 is 0. The van der Waals surface area contributed by atoms with Crippen molar-refractivity contribution in [3.05, 3.63) is 23.9 Å². The number of hydrogen-bond acceptors (Lipinski definition) is 4. The Kier molecular flexibility index (Phi) is 5.35. The lowest BCUT2D eigenvalue weighted by Crippen LogP contribution is -2.41. The van der Waals surface area contributed by atoms with Gasteiger partial charge in [0.15, 0.2) is 0 Å². The fourth-order valence-corrected chi connectivity index (χ4v) is 2.53. The molecule has 2 N–H and O–H groups in total. The lowest BCUT2D eigenvalue weighted by atomic mass is 10.2. The monoisotopic (exact) mass is 277 g/mol. The molecule has 110 valence electrons. The summed E-state index contributed by atoms with van der Waals surface area (Å²) in [6.07, 6.45) is 4.22. The van der Waals surface area contributed by atoms with Gasteiger partial charge in [0.2, 0.25) is 0 Å². The normalized spacial score (nSPS) is 21.7. The maximum Gasteiger partial charge on any atom is 0.270 e. The number of anilines is 1. The molecule has 2 unspecified atom stereocenters. The zero-order chi connectivity index (χ0) is 14.4. The highest BCUT2D eigenvalue weighted by atomic mass is 16.5. The van der Waals surface area contributed by atoms with E-state index in [1.54, 1.807) is 13.2 Å². The van der Waals surface area contributed by atoms with Crippen molar-refractivity contribution in [2.45, 2.75) is 44.8 Å². The minimum atomic E-state index is -0.126. The zero-order valence-corrected chi connectivity index (χ0v) is 12.2. The Morgan fingerprint density at radius 1 is 1.45 bits per heavy atom. The molecule has 0 aliphatic heterocycles. The summed E-state index contributed by atoms with van der Waals surface area (Å²) in [6, 6.07) is 5.56. The molecule has 5 heteroatoms. The van der Waals surface area contributed by atoms with Crippen LogP contribution in [-0.2, 0) is 4.74 Å². The fraction of sp³-hybridized carbons (Fsp3) is 0.600. The van der Waals surface area contributed by atoms with Gasteiger partial charge >= 0.3 is 0 Å². The summed E-state index contributed by atoms with van der Waals surface area (Å²) in [5.41, 5.74) is 0.452. The van der Waals surface area contributed by atoms with Crippen LogP contribution in [0.3, 0.4) is 0 Å². The first-order valence-electron chi connectivity index (χ1n) is 7.29. The van der Waals surface area contributed by atoms with Crippen molar-refractivity contribution in [3.8, 4) is 0 Å². The molecule has 0 radical (unpaired) electrons. The molecule has 0 saturated heterocycles. The van der Waals surface area contributed by atoms with E-state index in [9.17, 15) is 4.79 Å². The predicted octanol–water partition coefficient (Wildman–Crippen LogP) is 2.20. The molecular weight excluding hydrogens is 254 g/mol. The summed E-state index contributed by atoms with van der Waals surface area (Å²) in [5, 5.41) is 6.21. The quantitative estimate of drug-likeness (QED) is 0.836. The van der Waals surface area contributed by atoms with Gasteiger partial charge in [-0.15, -0.1) is 0 Å². The maximum atomic E-state index is 12.2. The zero-order valence-electron chi connectivity index (χ0n) is 12.2. The van der Waals surface area contributed by atoms with E-state index >= 15 is 0 Å². The van der Waals surface area contributed by atoms with Crippen molar-refractivity contribution in [3.63, 3.8) is 0 Å². The summed E-state index contributed by atoms with van der Waals surface area (Å²) in [6.45, 7) is 2.95. The Labute approximate surface area is 120 Å². The maximum absolute atomic E-state index is 12.2. The van der Waals surface area contributed by atoms with E-state index in [1.807, 2.05) is 12.1 Å². The van der Waals surface area contributed by atoms with Crippen LogP contribution in [0.2, 0.25) is 0 Å². The Balaban J connectivity index is 1.98. The highest BCUT2D eigenvalue weighted by molar-refractivity contribution is 5.92. The number of hydrogen-bond donors (Lipinski definition) is 2. The average molecular weight is 277 g/mol. The lowest BCUT2D eigenvalue weighted by molar-refractivity contribution is 0.0719. The molecule has 1 aromatic rings. The van der Waals surface area contributed by atoms with Crippen molar-refractivity contribution in [2.24, 2.45) is 0 Å². The highest BCUT2D eigenvalue weighted by Crippen LogP contribution is 2.21. The number of carbonyl (C=O) groups is 1. The number of pyridine rings is 1. The molecule has 1 aliphatic rings. The van der Waals surface area contributed by atoms with E-state index in [4.69, 9.17) is 4.74 Å². The molecule has 1 saturated carbocycles. The van der Waals surface area contributed by atoms with Crippen LogP contribution in [0.4, 0.5) is 5.82 Å². The second-order valence-corrected chi connectivity index (χ2v) is 5.12. The molecule has 1 amide bonds. The smallest absolute Gasteiger partial charge is 0.270 e. The number of ether oxygens (including phenoxy) is 1. The van der Waals surface area contributed by atoms with Crippen LogP contribution in [0.5, 0.6) is 0 Å². The number of nitrogens with zero attached hydrogens (tertiary/aromatic N) is 1. The minimum absolute atomic E-state index is 0.0987. The molecule has 1 aromatic heterocycles. The molecule has 0 aromatic carbocycles. The van der Waals surface area contributed by atoms with Crippen LogP contribution in [-0.4, -0.2) is 36.7 Å². The Morgan fingerprint density at radius 2 is 2.30 bits per heavy atom. The third-order valence-electron chi connectivity index (χ3n) is 3.61. The standard InChI is InChI=1S/C15H23N3O2/c1-3-10-16-14-9-5-7-12(17-14)15(19)18-11-6-4-8-13(11)20-2/h5,7,9,11,13H,3-4,6,8,10H2,1-2H3,(H,16,17)(H,18,19). The third-order valence-corrected chi connectivity index (χ3v) is 3.61. The van der Waals surface area contributed by atoms with Crippen molar-refractivity contribution in [1.29, 1.82) is 0 Å². The van der Waals surface area contributed by atoms with Crippen molar-refractivity contribution in [2.75, 3.05) is 19.0 Å². The number of carbonyl (C=O) groups excluding carboxylic acids is 1. The van der Waals surface area contributed by atoms with Crippen LogP contribution >= 0.6 is 0 Å². The first kappa shape index (κ1) is 14.8. The molecule has 2 rings (SSSR count). The van der Waals surface area contributed by atoms with E-state index in [-0.39, 0.29) is 18.1 Å². The number of aromatic nitrogens is 1. The van der Waals surface area contributed by atoms with Gasteiger partial charge in [-0.05, 0) is 37.8 Å². The molecule has 5 nitrogen and oxygen atoms in total. The van der Waals surface area contributed by atoms with E-state index in [1.165, 1.54) is 0 Å². The predicted molar refractivity (Wildman–Crippen MR) is 78.9 cm³/mol. The first-order chi connectivity index (χ1) is 9.74. The van der Waals surface area contributed by atoms with Crippen LogP contribution in [0, 0.1) is 0 Å². The Hall–Kier alpha value is -1.62. The largest absolute Gasteiger partial charge is 0.379 e. The van der Waals surface area contributed by atoms with Crippen molar-refractivity contribution < 1.29 is 9.53 Å². The van der Waals surface area contributed by atoms with Gasteiger partial charge < -0.3 is 15.4 Å². The molecule has 20 heavy (non-hydrogen) atoms. The van der Waals surface area contributed by atoms with Crippen molar-refractivity contribution >= 4 is 11.7 Å². The van der Waals surface area contributed by atoms with Gasteiger partial charge in [0, 0.05) is 13.7 Å². The Morgan fingerprint density at radius 3 is 3.05 bits per heavy atom. The molecule has 0 spiro atoms. The van der Waals surface area contributed by atoms with E-state index in [0.717, 1.165) is 38.0 Å². The lowest BCUT2D eigenvalue weighted by Gasteiger charge is -2.19. The molecular formula is C15H23N3O2. The second kappa shape index (κ2) is 7.24. The van der Waals surface area contributed by atoms with Gasteiger partial charge in [-0.2, -0.15) is 0 Å². The Bertz CT molecular complexity index is 450. The summed E-state index contributed by atoms with van der Waals surface area (Å²) in [4.78, 5) is 16.6. The van der Waals surface area contributed by atoms with E-state index in [2.05, 4.69) is 22.5 Å². The van der Waals surface area contributed by atoms with Crippen LogP contribution < -0.4 is 10.6 Å². The number of rotatable bonds is 6. The second-order valence-electron chi connectivity index (χ2n) is 5.12. The van der Waals surface area contributed by atoms with E-state index < -0.39 is 0 Å². The van der Waals surface area contributed by atoms with Crippen LogP contribution in [0.1, 0.15) is 43.1 Å². The van der Waals surface area contributed by atoms with Gasteiger partial charge in [0.1, 0.15) is 11.5 Å². The minimum Gasteiger partial charge on any atom is -0.379 e. The van der Waals surface area contributed by atoms with Gasteiger partial charge in [-0.25, -0.2) is 4.98 Å². The number of nitrogens with one attached hydrogen (secondary N) is 2. The van der Waals surface area contributed by atoms with Gasteiger partial charge in [0.05, 0.1) is 12.1 Å². The fourth-order valence-electron chi connectivity index (χ4n) is 2.53. The molecule has 1 fully saturated rings. The topological polar surface area (TPSA) is 63.2 Å². The summed E-state index contributed by atoms with van der Waals surface area (Å²) in [5.74, 6) is 0.619. The van der Waals surface area contributed by atoms with Crippen molar-refractivity contribution in [1.82, 2.24) is 10.3 Å². The average Bonchev–Trinajstić information content (AvgIpc) is 2.92. The molecule has 1 aliphatic carbocycles. The number of amides is 1. The van der Waals surface area contributed by atoms with Gasteiger partial charge in [-0.1, -0.05) is 13.0 Å². The van der Waals surface area contributed by atoms with Crippen LogP contribution in [0.15, 0.2) is 18.2 Å². The molecule has 0 bridgehead atoms. The third kappa shape index (κ3) is 3.70. The first-order valence-corrected chi connectivity index (χ1v) is 7.29. The van der Waals surface area contributed by atoms with Gasteiger partial charge in [-0.3, -0.25) is 4.79 Å². The molecule has 1 heterocycles. The van der Waals surface area contributed by atoms with Crippen LogP contribution in [0.25, 0.3) is 0 Å². The van der Waals surface area contributed by atoms with Gasteiger partial charge in [0.25, 0.3) is 5.91 Å². The highest BCUT2D eigenvalue weighted by Gasteiger charge is 2.28. The van der Waals surface area contributed by atoms with E-state index in [0.29, 0.717) is 5.69 Å². The molecule has 2 atom stereocenters.